The number of thioether (sulfide) groups is 1. The molecule has 0 saturated carbocycles. The molecule has 2 amide bonds. The number of hydrogen-bond donors (Lipinski definition) is 1. The number of imide groups is 1. The van der Waals surface area contributed by atoms with E-state index >= 15 is 0 Å². The standard InChI is InChI=1S/C16H14N2O2S/c1-10-8-12(9-14-15(19)17-16(20)21-14)11(2)18(10)13-6-4-3-5-7-13/h3-9H,1-2H3,(H,17,19,20). The molecule has 4 nitrogen and oxygen atoms in total. The zero-order valence-electron chi connectivity index (χ0n) is 11.7. The second-order valence-electron chi connectivity index (χ2n) is 4.85. The molecule has 1 aliphatic rings. The molecule has 0 bridgehead atoms. The van der Waals surface area contributed by atoms with Crippen molar-refractivity contribution in [3.8, 4) is 5.69 Å². The highest BCUT2D eigenvalue weighted by Crippen LogP contribution is 2.28. The lowest BCUT2D eigenvalue weighted by atomic mass is 10.2. The Balaban J connectivity index is 2.05. The first-order chi connectivity index (χ1) is 10.1. The quantitative estimate of drug-likeness (QED) is 0.864. The highest BCUT2D eigenvalue weighted by atomic mass is 32.2. The number of carbonyl (C=O) groups excluding carboxylic acids is 2. The summed E-state index contributed by atoms with van der Waals surface area (Å²) in [5, 5.41) is 1.95. The Kier molecular flexibility index (Phi) is 3.43. The molecule has 0 atom stereocenters. The van der Waals surface area contributed by atoms with Crippen LogP contribution in [0.3, 0.4) is 0 Å². The molecule has 0 aliphatic carbocycles. The van der Waals surface area contributed by atoms with Crippen LogP contribution < -0.4 is 5.32 Å². The number of nitrogens with one attached hydrogen (secondary N) is 1. The Hall–Kier alpha value is -2.27. The van der Waals surface area contributed by atoms with Crippen LogP contribution in [0, 0.1) is 13.8 Å². The first-order valence-electron chi connectivity index (χ1n) is 6.55. The van der Waals surface area contributed by atoms with Crippen molar-refractivity contribution in [2.45, 2.75) is 13.8 Å². The van der Waals surface area contributed by atoms with E-state index in [0.29, 0.717) is 4.91 Å². The minimum atomic E-state index is -0.325. The number of carbonyl (C=O) groups is 2. The zero-order valence-corrected chi connectivity index (χ0v) is 12.5. The largest absolute Gasteiger partial charge is 0.318 e. The van der Waals surface area contributed by atoms with E-state index in [1.165, 1.54) is 0 Å². The average Bonchev–Trinajstić information content (AvgIpc) is 2.91. The number of nitrogens with zero attached hydrogens (tertiary/aromatic N) is 1. The van der Waals surface area contributed by atoms with Gasteiger partial charge >= 0.3 is 0 Å². The Labute approximate surface area is 126 Å². The number of rotatable bonds is 2. The first kappa shape index (κ1) is 13.7. The fourth-order valence-electron chi connectivity index (χ4n) is 2.47. The average molecular weight is 298 g/mol. The number of hydrogen-bond acceptors (Lipinski definition) is 3. The van der Waals surface area contributed by atoms with Crippen molar-refractivity contribution >= 4 is 29.0 Å². The summed E-state index contributed by atoms with van der Waals surface area (Å²) in [6.07, 6.45) is 1.77. The molecule has 0 spiro atoms. The van der Waals surface area contributed by atoms with Gasteiger partial charge in [0.15, 0.2) is 0 Å². The molecule has 1 aromatic carbocycles. The fraction of sp³-hybridized carbons (Fsp3) is 0.125. The Morgan fingerprint density at radius 3 is 2.48 bits per heavy atom. The molecule has 1 fully saturated rings. The number of para-hydroxylation sites is 1. The smallest absolute Gasteiger partial charge is 0.290 e. The van der Waals surface area contributed by atoms with E-state index in [9.17, 15) is 9.59 Å². The van der Waals surface area contributed by atoms with Crippen LogP contribution in [-0.2, 0) is 4.79 Å². The van der Waals surface area contributed by atoms with Crippen LogP contribution >= 0.6 is 11.8 Å². The molecule has 0 radical (unpaired) electrons. The number of benzene rings is 1. The van der Waals surface area contributed by atoms with Crippen molar-refractivity contribution in [2.24, 2.45) is 0 Å². The lowest BCUT2D eigenvalue weighted by molar-refractivity contribution is -0.115. The first-order valence-corrected chi connectivity index (χ1v) is 7.37. The van der Waals surface area contributed by atoms with Gasteiger partial charge in [-0.3, -0.25) is 14.9 Å². The van der Waals surface area contributed by atoms with Crippen LogP contribution in [0.2, 0.25) is 0 Å². The summed E-state index contributed by atoms with van der Waals surface area (Å²) in [4.78, 5) is 23.3. The van der Waals surface area contributed by atoms with Crippen LogP contribution in [0.5, 0.6) is 0 Å². The van der Waals surface area contributed by atoms with Gasteiger partial charge in [-0.25, -0.2) is 0 Å². The van der Waals surface area contributed by atoms with Gasteiger partial charge in [0.25, 0.3) is 11.1 Å². The number of amides is 2. The third kappa shape index (κ3) is 2.52. The van der Waals surface area contributed by atoms with Crippen molar-refractivity contribution < 1.29 is 9.59 Å². The molecule has 2 heterocycles. The summed E-state index contributed by atoms with van der Waals surface area (Å²) >= 11 is 0.940. The van der Waals surface area contributed by atoms with Gasteiger partial charge in [0.2, 0.25) is 0 Å². The highest BCUT2D eigenvalue weighted by molar-refractivity contribution is 8.18. The van der Waals surface area contributed by atoms with Crippen LogP contribution in [-0.4, -0.2) is 15.7 Å². The van der Waals surface area contributed by atoms with Gasteiger partial charge in [-0.1, -0.05) is 18.2 Å². The molecule has 1 aliphatic heterocycles. The van der Waals surface area contributed by atoms with Gasteiger partial charge in [0.1, 0.15) is 0 Å². The molecule has 21 heavy (non-hydrogen) atoms. The zero-order chi connectivity index (χ0) is 15.0. The molecule has 106 valence electrons. The Bertz CT molecular complexity index is 760. The topological polar surface area (TPSA) is 51.1 Å². The lowest BCUT2D eigenvalue weighted by Gasteiger charge is -2.09. The minimum Gasteiger partial charge on any atom is -0.318 e. The van der Waals surface area contributed by atoms with E-state index in [-0.39, 0.29) is 11.1 Å². The minimum absolute atomic E-state index is 0.317. The maximum absolute atomic E-state index is 11.6. The predicted molar refractivity (Wildman–Crippen MR) is 84.3 cm³/mol. The summed E-state index contributed by atoms with van der Waals surface area (Å²) in [5.41, 5.74) is 4.15. The van der Waals surface area contributed by atoms with Gasteiger partial charge in [-0.2, -0.15) is 0 Å². The van der Waals surface area contributed by atoms with E-state index in [4.69, 9.17) is 0 Å². The summed E-state index contributed by atoms with van der Waals surface area (Å²) in [5.74, 6) is -0.325. The third-order valence-electron chi connectivity index (χ3n) is 3.41. The molecule has 5 heteroatoms. The van der Waals surface area contributed by atoms with Crippen molar-refractivity contribution in [3.05, 3.63) is 58.3 Å². The Morgan fingerprint density at radius 2 is 1.86 bits per heavy atom. The van der Waals surface area contributed by atoms with Crippen LogP contribution in [0.15, 0.2) is 41.3 Å². The normalized spacial score (nSPS) is 16.6. The van der Waals surface area contributed by atoms with Gasteiger partial charge in [-0.05, 0) is 55.4 Å². The monoisotopic (exact) mass is 298 g/mol. The van der Waals surface area contributed by atoms with Crippen LogP contribution in [0.25, 0.3) is 11.8 Å². The fourth-order valence-corrected chi connectivity index (χ4v) is 3.14. The molecular weight excluding hydrogens is 284 g/mol. The molecule has 3 rings (SSSR count). The van der Waals surface area contributed by atoms with Gasteiger partial charge in [0, 0.05) is 17.1 Å². The summed E-state index contributed by atoms with van der Waals surface area (Å²) in [7, 11) is 0. The van der Waals surface area contributed by atoms with Crippen molar-refractivity contribution in [3.63, 3.8) is 0 Å². The second-order valence-corrected chi connectivity index (χ2v) is 5.86. The molecule has 1 saturated heterocycles. The SMILES string of the molecule is Cc1cc(C=C2SC(=O)NC2=O)c(C)n1-c1ccccc1. The van der Waals surface area contributed by atoms with Gasteiger partial charge in [0.05, 0.1) is 4.91 Å². The van der Waals surface area contributed by atoms with E-state index in [1.54, 1.807) is 6.08 Å². The van der Waals surface area contributed by atoms with Crippen LogP contribution in [0.4, 0.5) is 4.79 Å². The van der Waals surface area contributed by atoms with Crippen LogP contribution in [0.1, 0.15) is 17.0 Å². The van der Waals surface area contributed by atoms with Crippen molar-refractivity contribution in [1.29, 1.82) is 0 Å². The molecule has 2 aromatic rings. The lowest BCUT2D eigenvalue weighted by Crippen LogP contribution is -2.17. The van der Waals surface area contributed by atoms with Crippen molar-refractivity contribution in [2.75, 3.05) is 0 Å². The molecule has 1 N–H and O–H groups in total. The van der Waals surface area contributed by atoms with Gasteiger partial charge in [-0.15, -0.1) is 0 Å². The number of aryl methyl sites for hydroxylation is 1. The summed E-state index contributed by atoms with van der Waals surface area (Å²) < 4.78 is 2.13. The second kappa shape index (κ2) is 5.26. The highest BCUT2D eigenvalue weighted by Gasteiger charge is 2.25. The van der Waals surface area contributed by atoms with Gasteiger partial charge < -0.3 is 4.57 Å². The summed E-state index contributed by atoms with van der Waals surface area (Å²) in [6.45, 7) is 4.03. The van der Waals surface area contributed by atoms with E-state index < -0.39 is 0 Å². The number of aromatic nitrogens is 1. The van der Waals surface area contributed by atoms with Crippen molar-refractivity contribution in [1.82, 2.24) is 9.88 Å². The maximum Gasteiger partial charge on any atom is 0.290 e. The Morgan fingerprint density at radius 1 is 1.14 bits per heavy atom. The maximum atomic E-state index is 11.6. The molecular formula is C16H14N2O2S. The molecule has 1 aromatic heterocycles. The predicted octanol–water partition coefficient (Wildman–Crippen LogP) is 3.42. The summed E-state index contributed by atoms with van der Waals surface area (Å²) in [6, 6.07) is 12.1. The van der Waals surface area contributed by atoms with E-state index in [2.05, 4.69) is 9.88 Å². The van der Waals surface area contributed by atoms with E-state index in [1.807, 2.05) is 50.2 Å². The van der Waals surface area contributed by atoms with E-state index in [0.717, 1.165) is 34.4 Å². The molecule has 0 unspecified atom stereocenters. The third-order valence-corrected chi connectivity index (χ3v) is 4.22.